The maximum absolute atomic E-state index is 11.7. The molecule has 2 aromatic rings. The van der Waals surface area contributed by atoms with E-state index in [9.17, 15) is 14.4 Å². The molecule has 0 spiro atoms. The fourth-order valence-corrected chi connectivity index (χ4v) is 2.40. The Morgan fingerprint density at radius 2 is 1.59 bits per heavy atom. The zero-order chi connectivity index (χ0) is 20.9. The third-order valence-corrected chi connectivity index (χ3v) is 3.99. The molecule has 0 aromatic heterocycles. The normalized spacial score (nSPS) is 10.1. The minimum absolute atomic E-state index is 0.122. The smallest absolute Gasteiger partial charge is 0.410 e. The summed E-state index contributed by atoms with van der Waals surface area (Å²) in [5, 5.41) is 3.01. The van der Waals surface area contributed by atoms with E-state index in [4.69, 9.17) is 25.8 Å². The van der Waals surface area contributed by atoms with Gasteiger partial charge in [-0.05, 0) is 42.7 Å². The number of nitrogens with one attached hydrogen (secondary N) is 1. The monoisotopic (exact) mass is 419 g/mol. The molecule has 0 radical (unpaired) electrons. The highest BCUT2D eigenvalue weighted by Crippen LogP contribution is 2.16. The van der Waals surface area contributed by atoms with Gasteiger partial charge >= 0.3 is 18.0 Å². The first-order valence-electron chi connectivity index (χ1n) is 9.09. The van der Waals surface area contributed by atoms with Crippen molar-refractivity contribution >= 4 is 29.6 Å². The van der Waals surface area contributed by atoms with Crippen molar-refractivity contribution in [1.82, 2.24) is 5.32 Å². The molecule has 0 saturated carbocycles. The number of hydrogen-bond acceptors (Lipinski definition) is 6. The molecule has 29 heavy (non-hydrogen) atoms. The molecule has 2 rings (SSSR count). The van der Waals surface area contributed by atoms with Crippen LogP contribution in [0.5, 0.6) is 5.75 Å². The van der Waals surface area contributed by atoms with Crippen molar-refractivity contribution in [2.75, 3.05) is 13.3 Å². The molecule has 0 bridgehead atoms. The van der Waals surface area contributed by atoms with E-state index in [1.54, 1.807) is 24.3 Å². The number of rotatable bonds is 10. The molecular formula is C21H22ClNO6. The van der Waals surface area contributed by atoms with Crippen LogP contribution in [0.15, 0.2) is 54.6 Å². The molecule has 8 heteroatoms. The van der Waals surface area contributed by atoms with Crippen LogP contribution in [0.25, 0.3) is 0 Å². The Bertz CT molecular complexity index is 795. The van der Waals surface area contributed by atoms with Crippen LogP contribution in [0.3, 0.4) is 0 Å². The van der Waals surface area contributed by atoms with E-state index in [1.807, 2.05) is 30.3 Å². The number of hydrogen-bond donors (Lipinski definition) is 1. The average molecular weight is 420 g/mol. The molecule has 0 aliphatic rings. The van der Waals surface area contributed by atoms with Crippen molar-refractivity contribution in [3.8, 4) is 5.75 Å². The Hall–Kier alpha value is -3.06. The SMILES string of the molecule is O=C(CCc1ccccc1)OCOC(=O)NCCCC(=O)Oc1ccc(Cl)cc1. The van der Waals surface area contributed by atoms with Crippen molar-refractivity contribution in [3.63, 3.8) is 0 Å². The van der Waals surface area contributed by atoms with E-state index in [2.05, 4.69) is 5.32 Å². The molecule has 1 amide bonds. The van der Waals surface area contributed by atoms with Crippen molar-refractivity contribution in [2.45, 2.75) is 25.7 Å². The zero-order valence-corrected chi connectivity index (χ0v) is 16.5. The fraction of sp³-hybridized carbons (Fsp3) is 0.286. The summed E-state index contributed by atoms with van der Waals surface area (Å²) in [6.45, 7) is -0.241. The molecule has 0 aliphatic heterocycles. The van der Waals surface area contributed by atoms with Gasteiger partial charge in [0.15, 0.2) is 0 Å². The van der Waals surface area contributed by atoms with Crippen LogP contribution in [0.2, 0.25) is 5.02 Å². The van der Waals surface area contributed by atoms with Crippen molar-refractivity contribution in [3.05, 3.63) is 65.2 Å². The summed E-state index contributed by atoms with van der Waals surface area (Å²) in [4.78, 5) is 34.8. The second kappa shape index (κ2) is 12.4. The standard InChI is InChI=1S/C21H22ClNO6/c22-17-9-11-18(12-10-17)29-20(25)7-4-14-23-21(26)28-15-27-19(24)13-8-16-5-2-1-3-6-16/h1-3,5-6,9-12H,4,7-8,13-15H2,(H,23,26). The average Bonchev–Trinajstić information content (AvgIpc) is 2.72. The Labute approximate surface area is 173 Å². The van der Waals surface area contributed by atoms with Gasteiger partial charge in [0.05, 0.1) is 0 Å². The summed E-state index contributed by atoms with van der Waals surface area (Å²) in [7, 11) is 0. The van der Waals surface area contributed by atoms with E-state index in [-0.39, 0.29) is 19.4 Å². The summed E-state index contributed by atoms with van der Waals surface area (Å²) >= 11 is 5.75. The number of benzene rings is 2. The number of carbonyl (C=O) groups excluding carboxylic acids is 3. The molecule has 0 atom stereocenters. The number of ether oxygens (including phenoxy) is 3. The van der Waals surface area contributed by atoms with E-state index in [1.165, 1.54) is 0 Å². The molecule has 0 aliphatic carbocycles. The van der Waals surface area contributed by atoms with Gasteiger partial charge < -0.3 is 19.5 Å². The van der Waals surface area contributed by atoms with Gasteiger partial charge in [0.2, 0.25) is 6.79 Å². The van der Waals surface area contributed by atoms with Gasteiger partial charge in [-0.15, -0.1) is 0 Å². The number of halogens is 1. The van der Waals surface area contributed by atoms with Gasteiger partial charge in [0.25, 0.3) is 0 Å². The van der Waals surface area contributed by atoms with E-state index < -0.39 is 24.8 Å². The minimum atomic E-state index is -0.730. The third kappa shape index (κ3) is 9.62. The predicted molar refractivity (Wildman–Crippen MR) is 107 cm³/mol. The van der Waals surface area contributed by atoms with Gasteiger partial charge in [-0.25, -0.2) is 4.79 Å². The number of carbonyl (C=O) groups is 3. The summed E-state index contributed by atoms with van der Waals surface area (Å²) in [5.74, 6) is -0.470. The molecule has 154 valence electrons. The van der Waals surface area contributed by atoms with Crippen molar-refractivity contribution in [1.29, 1.82) is 0 Å². The number of esters is 2. The van der Waals surface area contributed by atoms with Crippen LogP contribution in [0, 0.1) is 0 Å². The Balaban J connectivity index is 1.49. The lowest BCUT2D eigenvalue weighted by Gasteiger charge is -2.08. The zero-order valence-electron chi connectivity index (χ0n) is 15.8. The lowest BCUT2D eigenvalue weighted by Crippen LogP contribution is -2.27. The molecule has 7 nitrogen and oxygen atoms in total. The molecule has 0 saturated heterocycles. The fourth-order valence-electron chi connectivity index (χ4n) is 2.27. The lowest BCUT2D eigenvalue weighted by atomic mass is 10.1. The van der Waals surface area contributed by atoms with Crippen LogP contribution in [0.1, 0.15) is 24.8 Å². The summed E-state index contributed by atoms with van der Waals surface area (Å²) < 4.78 is 14.7. The number of amides is 1. The second-order valence-electron chi connectivity index (χ2n) is 6.01. The predicted octanol–water partition coefficient (Wildman–Crippen LogP) is 3.89. The Morgan fingerprint density at radius 1 is 0.862 bits per heavy atom. The Morgan fingerprint density at radius 3 is 2.31 bits per heavy atom. The summed E-state index contributed by atoms with van der Waals surface area (Å²) in [5.41, 5.74) is 1.03. The highest BCUT2D eigenvalue weighted by molar-refractivity contribution is 6.30. The maximum atomic E-state index is 11.7. The third-order valence-electron chi connectivity index (χ3n) is 3.74. The molecule has 1 N–H and O–H groups in total. The second-order valence-corrected chi connectivity index (χ2v) is 6.45. The van der Waals surface area contributed by atoms with E-state index in [0.29, 0.717) is 23.6 Å². The first kappa shape index (κ1) is 22.2. The van der Waals surface area contributed by atoms with Crippen LogP contribution in [-0.4, -0.2) is 31.4 Å². The van der Waals surface area contributed by atoms with Gasteiger partial charge in [-0.3, -0.25) is 9.59 Å². The maximum Gasteiger partial charge on any atom is 0.410 e. The topological polar surface area (TPSA) is 90.9 Å². The van der Waals surface area contributed by atoms with Crippen LogP contribution in [-0.2, 0) is 25.5 Å². The van der Waals surface area contributed by atoms with Crippen molar-refractivity contribution < 1.29 is 28.6 Å². The molecule has 2 aromatic carbocycles. The van der Waals surface area contributed by atoms with Gasteiger partial charge in [-0.2, -0.15) is 0 Å². The van der Waals surface area contributed by atoms with E-state index in [0.717, 1.165) is 5.56 Å². The van der Waals surface area contributed by atoms with E-state index >= 15 is 0 Å². The first-order chi connectivity index (χ1) is 14.0. The first-order valence-corrected chi connectivity index (χ1v) is 9.47. The quantitative estimate of drug-likeness (QED) is 0.272. The molecule has 0 heterocycles. The summed E-state index contributed by atoms with van der Waals surface area (Å²) in [6, 6.07) is 16.0. The van der Waals surface area contributed by atoms with Gasteiger partial charge in [0.1, 0.15) is 5.75 Å². The van der Waals surface area contributed by atoms with Gasteiger partial charge in [-0.1, -0.05) is 41.9 Å². The van der Waals surface area contributed by atoms with Crippen LogP contribution < -0.4 is 10.1 Å². The highest BCUT2D eigenvalue weighted by atomic mass is 35.5. The summed E-state index contributed by atoms with van der Waals surface area (Å²) in [6.07, 6.45) is 0.519. The largest absolute Gasteiger partial charge is 0.428 e. The van der Waals surface area contributed by atoms with Gasteiger partial charge in [0, 0.05) is 24.4 Å². The minimum Gasteiger partial charge on any atom is -0.428 e. The molecular weight excluding hydrogens is 398 g/mol. The van der Waals surface area contributed by atoms with Crippen LogP contribution >= 0.6 is 11.6 Å². The highest BCUT2D eigenvalue weighted by Gasteiger charge is 2.08. The van der Waals surface area contributed by atoms with Crippen molar-refractivity contribution in [2.24, 2.45) is 0 Å². The molecule has 0 unspecified atom stereocenters. The number of alkyl carbamates (subject to hydrolysis) is 1. The molecule has 0 fully saturated rings. The Kier molecular flexibility index (Phi) is 9.51. The number of aryl methyl sites for hydroxylation is 1. The van der Waals surface area contributed by atoms with Crippen LogP contribution in [0.4, 0.5) is 4.79 Å². The lowest BCUT2D eigenvalue weighted by molar-refractivity contribution is -0.151.